The Balaban J connectivity index is 2.33. The summed E-state index contributed by atoms with van der Waals surface area (Å²) in [6.45, 7) is 0. The molecule has 0 heterocycles. The first-order chi connectivity index (χ1) is 9.15. The van der Waals surface area contributed by atoms with E-state index in [-0.39, 0.29) is 0 Å². The normalized spacial score (nSPS) is 25.3. The highest BCUT2D eigenvalue weighted by molar-refractivity contribution is 5.36. The zero-order valence-electron chi connectivity index (χ0n) is 12.3. The van der Waals surface area contributed by atoms with Gasteiger partial charge >= 0.3 is 0 Å². The third-order valence-corrected chi connectivity index (χ3v) is 4.29. The Morgan fingerprint density at radius 1 is 1.21 bits per heavy atom. The average Bonchev–Trinajstić information content (AvgIpc) is 2.41. The van der Waals surface area contributed by atoms with Gasteiger partial charge in [-0.2, -0.15) is 0 Å². The highest BCUT2D eigenvalue weighted by Gasteiger charge is 2.33. The summed E-state index contributed by atoms with van der Waals surface area (Å²) in [6.07, 6.45) is 4.91. The van der Waals surface area contributed by atoms with E-state index in [4.69, 9.17) is 10.5 Å². The molecule has 106 valence electrons. The van der Waals surface area contributed by atoms with Gasteiger partial charge in [-0.1, -0.05) is 31.0 Å². The van der Waals surface area contributed by atoms with Crippen molar-refractivity contribution in [1.82, 2.24) is 4.90 Å². The lowest BCUT2D eigenvalue weighted by atomic mass is 9.77. The molecule has 3 heteroatoms. The number of ether oxygens (including phenoxy) is 1. The summed E-state index contributed by atoms with van der Waals surface area (Å²) in [7, 11) is 6.02. The van der Waals surface area contributed by atoms with Crippen molar-refractivity contribution >= 4 is 0 Å². The second-order valence-electron chi connectivity index (χ2n) is 5.76. The summed E-state index contributed by atoms with van der Waals surface area (Å²) >= 11 is 0. The molecule has 1 aliphatic carbocycles. The molecule has 1 aliphatic rings. The van der Waals surface area contributed by atoms with Crippen LogP contribution in [0.15, 0.2) is 24.3 Å². The van der Waals surface area contributed by atoms with E-state index in [0.29, 0.717) is 18.0 Å². The summed E-state index contributed by atoms with van der Waals surface area (Å²) < 4.78 is 5.54. The van der Waals surface area contributed by atoms with Gasteiger partial charge in [0.25, 0.3) is 0 Å². The molecule has 0 saturated heterocycles. The van der Waals surface area contributed by atoms with Crippen LogP contribution < -0.4 is 10.5 Å². The Morgan fingerprint density at radius 2 is 1.89 bits per heavy atom. The second kappa shape index (κ2) is 6.40. The van der Waals surface area contributed by atoms with E-state index >= 15 is 0 Å². The van der Waals surface area contributed by atoms with Crippen LogP contribution in [0.5, 0.6) is 5.75 Å². The monoisotopic (exact) mass is 262 g/mol. The molecule has 0 bridgehead atoms. The van der Waals surface area contributed by atoms with Crippen molar-refractivity contribution in [2.45, 2.75) is 37.8 Å². The maximum Gasteiger partial charge on any atom is 0.123 e. The van der Waals surface area contributed by atoms with Crippen molar-refractivity contribution in [1.29, 1.82) is 0 Å². The largest absolute Gasteiger partial charge is 0.496 e. The quantitative estimate of drug-likeness (QED) is 0.907. The van der Waals surface area contributed by atoms with Crippen molar-refractivity contribution in [3.05, 3.63) is 29.8 Å². The second-order valence-corrected chi connectivity index (χ2v) is 5.76. The first kappa shape index (κ1) is 14.4. The van der Waals surface area contributed by atoms with Crippen LogP contribution in [-0.2, 0) is 0 Å². The van der Waals surface area contributed by atoms with E-state index in [1.807, 2.05) is 12.1 Å². The van der Waals surface area contributed by atoms with Gasteiger partial charge in [-0.15, -0.1) is 0 Å². The zero-order valence-corrected chi connectivity index (χ0v) is 12.3. The highest BCUT2D eigenvalue weighted by atomic mass is 16.5. The number of nitrogens with zero attached hydrogens (tertiary/aromatic N) is 1. The van der Waals surface area contributed by atoms with Crippen LogP contribution >= 0.6 is 0 Å². The van der Waals surface area contributed by atoms with E-state index in [9.17, 15) is 0 Å². The number of nitrogens with two attached hydrogens (primary N) is 1. The number of para-hydroxylation sites is 1. The first-order valence-electron chi connectivity index (χ1n) is 7.20. The van der Waals surface area contributed by atoms with Crippen molar-refractivity contribution in [3.8, 4) is 5.75 Å². The van der Waals surface area contributed by atoms with Crippen molar-refractivity contribution < 1.29 is 4.74 Å². The molecule has 0 aromatic heterocycles. The van der Waals surface area contributed by atoms with Crippen molar-refractivity contribution in [2.75, 3.05) is 21.2 Å². The predicted molar refractivity (Wildman–Crippen MR) is 79.4 cm³/mol. The van der Waals surface area contributed by atoms with Crippen LogP contribution in [0.25, 0.3) is 0 Å². The maximum atomic E-state index is 6.38. The Kier molecular flexibility index (Phi) is 4.83. The van der Waals surface area contributed by atoms with Crippen LogP contribution in [0.4, 0.5) is 0 Å². The first-order valence-corrected chi connectivity index (χ1v) is 7.20. The predicted octanol–water partition coefficient (Wildman–Crippen LogP) is 2.82. The minimum atomic E-state index is 0.297. The van der Waals surface area contributed by atoms with E-state index in [1.54, 1.807) is 7.11 Å². The topological polar surface area (TPSA) is 38.5 Å². The van der Waals surface area contributed by atoms with Gasteiger partial charge in [0, 0.05) is 17.6 Å². The summed E-state index contributed by atoms with van der Waals surface area (Å²) in [6, 6.07) is 8.96. The molecule has 2 N–H and O–H groups in total. The number of benzene rings is 1. The summed E-state index contributed by atoms with van der Waals surface area (Å²) in [5.74, 6) is 1.49. The van der Waals surface area contributed by atoms with Crippen molar-refractivity contribution in [3.63, 3.8) is 0 Å². The van der Waals surface area contributed by atoms with Crippen molar-refractivity contribution in [2.24, 2.45) is 11.7 Å². The van der Waals surface area contributed by atoms with Gasteiger partial charge in [0.1, 0.15) is 5.75 Å². The number of rotatable bonds is 4. The maximum absolute atomic E-state index is 6.38. The third-order valence-electron chi connectivity index (χ3n) is 4.29. The fourth-order valence-corrected chi connectivity index (χ4v) is 3.38. The van der Waals surface area contributed by atoms with Crippen LogP contribution in [0.1, 0.15) is 37.3 Å². The molecule has 1 fully saturated rings. The molecule has 1 aromatic carbocycles. The Morgan fingerprint density at radius 3 is 2.53 bits per heavy atom. The van der Waals surface area contributed by atoms with Gasteiger partial charge in [-0.3, -0.25) is 0 Å². The fraction of sp³-hybridized carbons (Fsp3) is 0.625. The molecule has 0 spiro atoms. The van der Waals surface area contributed by atoms with Crippen LogP contribution in [0.2, 0.25) is 0 Å². The molecule has 0 unspecified atom stereocenters. The van der Waals surface area contributed by atoms with Gasteiger partial charge in [0.2, 0.25) is 0 Å². The molecule has 19 heavy (non-hydrogen) atoms. The minimum Gasteiger partial charge on any atom is -0.496 e. The fourth-order valence-electron chi connectivity index (χ4n) is 3.38. The highest BCUT2D eigenvalue weighted by Crippen LogP contribution is 2.39. The molecule has 2 rings (SSSR count). The standard InChI is InChI=1S/C16H26N2O/c1-18(2)16(12-8-4-6-10-14(12)17)13-9-5-7-11-15(13)19-3/h5,7,9,11-12,14,16H,4,6,8,10,17H2,1-3H3/t12-,14-,16-/m1/s1. The lowest BCUT2D eigenvalue weighted by molar-refractivity contribution is 0.148. The number of hydrogen-bond donors (Lipinski definition) is 1. The van der Waals surface area contributed by atoms with Gasteiger partial charge in [-0.05, 0) is 38.9 Å². The minimum absolute atomic E-state index is 0.297. The molecule has 0 aliphatic heterocycles. The molecular formula is C16H26N2O. The third kappa shape index (κ3) is 3.10. The van der Waals surface area contributed by atoms with Gasteiger partial charge in [0.15, 0.2) is 0 Å². The lowest BCUT2D eigenvalue weighted by Crippen LogP contribution is -2.41. The Hall–Kier alpha value is -1.06. The van der Waals surface area contributed by atoms with E-state index in [2.05, 4.69) is 31.1 Å². The lowest BCUT2D eigenvalue weighted by Gasteiger charge is -2.39. The number of methoxy groups -OCH3 is 1. The summed E-state index contributed by atoms with van der Waals surface area (Å²) in [4.78, 5) is 2.29. The molecule has 3 nitrogen and oxygen atoms in total. The van der Waals surface area contributed by atoms with Gasteiger partial charge in [-0.25, -0.2) is 0 Å². The summed E-state index contributed by atoms with van der Waals surface area (Å²) in [5, 5.41) is 0. The Bertz CT molecular complexity index is 405. The molecule has 0 radical (unpaired) electrons. The molecular weight excluding hydrogens is 236 g/mol. The zero-order chi connectivity index (χ0) is 13.8. The molecule has 1 saturated carbocycles. The summed E-state index contributed by atoms with van der Waals surface area (Å²) in [5.41, 5.74) is 7.64. The molecule has 1 aromatic rings. The number of hydrogen-bond acceptors (Lipinski definition) is 3. The smallest absolute Gasteiger partial charge is 0.123 e. The van der Waals surface area contributed by atoms with Crippen LogP contribution in [-0.4, -0.2) is 32.1 Å². The molecule has 0 amide bonds. The van der Waals surface area contributed by atoms with E-state index in [0.717, 1.165) is 12.2 Å². The van der Waals surface area contributed by atoms with Crippen LogP contribution in [0, 0.1) is 5.92 Å². The van der Waals surface area contributed by atoms with Gasteiger partial charge < -0.3 is 15.4 Å². The SMILES string of the molecule is COc1ccccc1[C@@H]([C@@H]1CCCC[C@H]1N)N(C)C. The van der Waals surface area contributed by atoms with E-state index in [1.165, 1.54) is 24.8 Å². The Labute approximate surface area is 116 Å². The average molecular weight is 262 g/mol. The van der Waals surface area contributed by atoms with Gasteiger partial charge in [0.05, 0.1) is 7.11 Å². The van der Waals surface area contributed by atoms with Crippen LogP contribution in [0.3, 0.4) is 0 Å². The molecule has 3 atom stereocenters. The van der Waals surface area contributed by atoms with E-state index < -0.39 is 0 Å².